The molecule has 0 fully saturated rings. The van der Waals surface area contributed by atoms with Crippen molar-refractivity contribution in [3.05, 3.63) is 53.6 Å². The molecule has 1 atom stereocenters. The van der Waals surface area contributed by atoms with Gasteiger partial charge in [0.05, 0.1) is 12.6 Å². The highest BCUT2D eigenvalue weighted by Gasteiger charge is 2.11. The third-order valence-electron chi connectivity index (χ3n) is 3.80. The average molecular weight is 317 g/mol. The maximum Gasteiger partial charge on any atom is 0.157 e. The summed E-state index contributed by atoms with van der Waals surface area (Å²) in [6, 6.07) is 11.5. The third kappa shape index (κ3) is 5.16. The average Bonchev–Trinajstić information content (AvgIpc) is 2.55. The molecule has 0 bridgehead atoms. The van der Waals surface area contributed by atoms with Gasteiger partial charge in [0, 0.05) is 0 Å². The molecule has 124 valence electrons. The van der Waals surface area contributed by atoms with E-state index < -0.39 is 0 Å². The van der Waals surface area contributed by atoms with Gasteiger partial charge in [0.15, 0.2) is 11.5 Å². The van der Waals surface area contributed by atoms with E-state index >= 15 is 0 Å². The van der Waals surface area contributed by atoms with Crippen LogP contribution in [0.2, 0.25) is 0 Å². The molecule has 5 N–H and O–H groups in total. The van der Waals surface area contributed by atoms with Gasteiger partial charge in [-0.15, -0.1) is 0 Å². The number of benzene rings is 2. The van der Waals surface area contributed by atoms with E-state index in [2.05, 4.69) is 5.32 Å². The maximum atomic E-state index is 9.52. The smallest absolute Gasteiger partial charge is 0.157 e. The van der Waals surface area contributed by atoms with Crippen LogP contribution in [0.3, 0.4) is 0 Å². The predicted molar refractivity (Wildman–Crippen MR) is 88.6 cm³/mol. The summed E-state index contributed by atoms with van der Waals surface area (Å²) < 4.78 is 0. The Balaban J connectivity index is 1.75. The lowest BCUT2D eigenvalue weighted by molar-refractivity contribution is 0.243. The number of rotatable bonds is 8. The molecule has 0 saturated heterocycles. The number of hydrogen-bond acceptors (Lipinski definition) is 5. The summed E-state index contributed by atoms with van der Waals surface area (Å²) in [7, 11) is 0. The normalized spacial score (nSPS) is 12.2. The first-order valence-electron chi connectivity index (χ1n) is 7.74. The first kappa shape index (κ1) is 17.1. The molecule has 2 rings (SSSR count). The summed E-state index contributed by atoms with van der Waals surface area (Å²) in [6.07, 6.45) is 2.88. The lowest BCUT2D eigenvalue weighted by Crippen LogP contribution is -2.25. The summed E-state index contributed by atoms with van der Waals surface area (Å²) >= 11 is 0. The quantitative estimate of drug-likeness (QED) is 0.381. The second-order valence-corrected chi connectivity index (χ2v) is 5.56. The van der Waals surface area contributed by atoms with E-state index in [0.717, 1.165) is 31.4 Å². The van der Waals surface area contributed by atoms with Crippen LogP contribution in [0, 0.1) is 0 Å². The molecule has 0 radical (unpaired) electrons. The van der Waals surface area contributed by atoms with Crippen LogP contribution >= 0.6 is 0 Å². The third-order valence-corrected chi connectivity index (χ3v) is 3.80. The molecule has 0 heterocycles. The van der Waals surface area contributed by atoms with E-state index in [0.29, 0.717) is 0 Å². The van der Waals surface area contributed by atoms with Crippen LogP contribution in [0.5, 0.6) is 17.2 Å². The van der Waals surface area contributed by atoms with Crippen LogP contribution in [0.25, 0.3) is 0 Å². The number of phenols is 3. The molecule has 0 aliphatic carbocycles. The number of nitrogens with one attached hydrogen (secondary N) is 1. The molecule has 5 heteroatoms. The number of aliphatic hydroxyl groups excluding tert-OH is 1. The van der Waals surface area contributed by atoms with Crippen molar-refractivity contribution >= 4 is 0 Å². The highest BCUT2D eigenvalue weighted by Crippen LogP contribution is 2.27. The molecule has 0 aromatic heterocycles. The lowest BCUT2D eigenvalue weighted by atomic mass is 10.1. The first-order chi connectivity index (χ1) is 11.1. The van der Waals surface area contributed by atoms with Gasteiger partial charge >= 0.3 is 0 Å². The van der Waals surface area contributed by atoms with Gasteiger partial charge in [0.1, 0.15) is 5.75 Å². The Kier molecular flexibility index (Phi) is 6.26. The molecule has 23 heavy (non-hydrogen) atoms. The zero-order chi connectivity index (χ0) is 16.7. The van der Waals surface area contributed by atoms with Crippen molar-refractivity contribution < 1.29 is 20.4 Å². The summed E-state index contributed by atoms with van der Waals surface area (Å²) in [5.41, 5.74) is 1.92. The predicted octanol–water partition coefficient (Wildman–Crippen LogP) is 2.45. The molecule has 0 aliphatic rings. The van der Waals surface area contributed by atoms with Crippen LogP contribution < -0.4 is 5.32 Å². The molecular weight excluding hydrogens is 294 g/mol. The Bertz CT molecular complexity index is 613. The monoisotopic (exact) mass is 317 g/mol. The maximum absolute atomic E-state index is 9.52. The van der Waals surface area contributed by atoms with Crippen molar-refractivity contribution in [1.29, 1.82) is 0 Å². The van der Waals surface area contributed by atoms with Crippen LogP contribution in [0.4, 0.5) is 0 Å². The topological polar surface area (TPSA) is 93.0 Å². The minimum atomic E-state index is -0.268. The summed E-state index contributed by atoms with van der Waals surface area (Å²) in [5, 5.41) is 40.8. The van der Waals surface area contributed by atoms with E-state index in [4.69, 9.17) is 0 Å². The van der Waals surface area contributed by atoms with E-state index in [9.17, 15) is 20.4 Å². The second-order valence-electron chi connectivity index (χ2n) is 5.56. The largest absolute Gasteiger partial charge is 0.508 e. The zero-order valence-electron chi connectivity index (χ0n) is 12.9. The fourth-order valence-electron chi connectivity index (χ4n) is 2.44. The van der Waals surface area contributed by atoms with Crippen LogP contribution in [-0.4, -0.2) is 33.6 Å². The van der Waals surface area contributed by atoms with Crippen molar-refractivity contribution in [3.8, 4) is 17.2 Å². The molecule has 0 amide bonds. The fraction of sp³-hybridized carbons (Fsp3) is 0.333. The second kappa shape index (κ2) is 8.41. The Labute approximate surface area is 135 Å². The van der Waals surface area contributed by atoms with Gasteiger partial charge in [-0.05, 0) is 61.2 Å². The fourth-order valence-corrected chi connectivity index (χ4v) is 2.44. The Hall–Kier alpha value is -2.24. The molecule has 0 spiro atoms. The Morgan fingerprint density at radius 1 is 0.870 bits per heavy atom. The van der Waals surface area contributed by atoms with Crippen molar-refractivity contribution in [3.63, 3.8) is 0 Å². The van der Waals surface area contributed by atoms with Gasteiger partial charge in [-0.2, -0.15) is 0 Å². The Morgan fingerprint density at radius 3 is 2.26 bits per heavy atom. The van der Waals surface area contributed by atoms with Crippen LogP contribution in [-0.2, 0) is 6.42 Å². The number of phenolic OH excluding ortho intramolecular Hbond substituents is 3. The number of hydrogen-bond donors (Lipinski definition) is 5. The van der Waals surface area contributed by atoms with E-state index in [1.54, 1.807) is 18.2 Å². The van der Waals surface area contributed by atoms with Crippen molar-refractivity contribution in [1.82, 2.24) is 5.32 Å². The Morgan fingerprint density at radius 2 is 1.61 bits per heavy atom. The van der Waals surface area contributed by atoms with Gasteiger partial charge in [0.25, 0.3) is 0 Å². The first-order valence-corrected chi connectivity index (χ1v) is 7.74. The summed E-state index contributed by atoms with van der Waals surface area (Å²) in [4.78, 5) is 0. The SMILES string of the molecule is OCC(NCCCCc1ccc(O)cc1)c1ccc(O)c(O)c1. The standard InChI is InChI=1S/C18H23NO4/c20-12-16(14-6-9-17(22)18(23)11-14)19-10-2-1-3-13-4-7-15(21)8-5-13/h4-9,11,16,19-23H,1-3,10,12H2. The zero-order valence-corrected chi connectivity index (χ0v) is 12.9. The number of aromatic hydroxyl groups is 3. The van der Waals surface area contributed by atoms with Gasteiger partial charge in [-0.3, -0.25) is 0 Å². The molecular formula is C18H23NO4. The van der Waals surface area contributed by atoms with E-state index in [1.807, 2.05) is 12.1 Å². The summed E-state index contributed by atoms with van der Waals surface area (Å²) in [5.74, 6) is -0.0761. The summed E-state index contributed by atoms with van der Waals surface area (Å²) in [6.45, 7) is 0.660. The van der Waals surface area contributed by atoms with Crippen LogP contribution in [0.1, 0.15) is 30.0 Å². The molecule has 5 nitrogen and oxygen atoms in total. The molecule has 0 saturated carbocycles. The minimum Gasteiger partial charge on any atom is -0.508 e. The molecule has 2 aromatic rings. The van der Waals surface area contributed by atoms with E-state index in [-0.39, 0.29) is 29.9 Å². The highest BCUT2D eigenvalue weighted by atomic mass is 16.3. The minimum absolute atomic E-state index is 0.0812. The van der Waals surface area contributed by atoms with Crippen molar-refractivity contribution in [2.45, 2.75) is 25.3 Å². The van der Waals surface area contributed by atoms with Gasteiger partial charge in [0.2, 0.25) is 0 Å². The van der Waals surface area contributed by atoms with Gasteiger partial charge < -0.3 is 25.7 Å². The molecule has 2 aromatic carbocycles. The van der Waals surface area contributed by atoms with Crippen molar-refractivity contribution in [2.24, 2.45) is 0 Å². The van der Waals surface area contributed by atoms with Gasteiger partial charge in [-0.25, -0.2) is 0 Å². The molecule has 0 aliphatic heterocycles. The van der Waals surface area contributed by atoms with Gasteiger partial charge in [-0.1, -0.05) is 18.2 Å². The lowest BCUT2D eigenvalue weighted by Gasteiger charge is -2.17. The highest BCUT2D eigenvalue weighted by molar-refractivity contribution is 5.41. The number of aliphatic hydroxyl groups is 1. The number of aryl methyl sites for hydroxylation is 1. The number of unbranched alkanes of at least 4 members (excludes halogenated alkanes) is 1. The van der Waals surface area contributed by atoms with Crippen LogP contribution in [0.15, 0.2) is 42.5 Å². The van der Waals surface area contributed by atoms with Crippen molar-refractivity contribution in [2.75, 3.05) is 13.2 Å². The molecule has 1 unspecified atom stereocenters. The van der Waals surface area contributed by atoms with E-state index in [1.165, 1.54) is 17.7 Å².